The maximum absolute atomic E-state index is 13.5. The van der Waals surface area contributed by atoms with Crippen LogP contribution in [0.2, 0.25) is 0 Å². The fourth-order valence-electron chi connectivity index (χ4n) is 4.68. The molecule has 0 N–H and O–H groups in total. The fourth-order valence-corrected chi connectivity index (χ4v) is 4.68. The number of rotatable bonds is 5. The maximum atomic E-state index is 13.5. The molecule has 1 atom stereocenters. The molecular formula is C25H25N5O3. The predicted molar refractivity (Wildman–Crippen MR) is 127 cm³/mol. The van der Waals surface area contributed by atoms with Gasteiger partial charge in [0.1, 0.15) is 6.54 Å². The molecule has 8 heteroatoms. The van der Waals surface area contributed by atoms with Crippen LogP contribution in [-0.4, -0.2) is 30.6 Å². The lowest BCUT2D eigenvalue weighted by Crippen LogP contribution is -2.46. The molecule has 4 aromatic rings. The van der Waals surface area contributed by atoms with Crippen molar-refractivity contribution in [2.24, 2.45) is 0 Å². The highest BCUT2D eigenvalue weighted by molar-refractivity contribution is 5.96. The van der Waals surface area contributed by atoms with Crippen molar-refractivity contribution in [1.82, 2.24) is 18.7 Å². The zero-order valence-corrected chi connectivity index (χ0v) is 18.6. The third-order valence-corrected chi connectivity index (χ3v) is 6.28. The summed E-state index contributed by atoms with van der Waals surface area (Å²) in [6, 6.07) is 17.2. The van der Waals surface area contributed by atoms with E-state index in [1.807, 2.05) is 68.4 Å². The summed E-state index contributed by atoms with van der Waals surface area (Å²) in [7, 11) is 0. The van der Waals surface area contributed by atoms with E-state index < -0.39 is 11.2 Å². The molecule has 0 fully saturated rings. The Morgan fingerprint density at radius 2 is 1.76 bits per heavy atom. The third kappa shape index (κ3) is 3.47. The van der Waals surface area contributed by atoms with Crippen molar-refractivity contribution in [2.75, 3.05) is 4.90 Å². The number of imidazole rings is 1. The minimum atomic E-state index is -0.536. The van der Waals surface area contributed by atoms with Crippen LogP contribution in [0.25, 0.3) is 11.2 Å². The number of fused-ring (bicyclic) bond motifs is 2. The van der Waals surface area contributed by atoms with Gasteiger partial charge in [0.25, 0.3) is 5.56 Å². The van der Waals surface area contributed by atoms with Crippen LogP contribution in [-0.2, 0) is 30.8 Å². The second kappa shape index (κ2) is 8.20. The van der Waals surface area contributed by atoms with Crippen molar-refractivity contribution in [3.8, 4) is 0 Å². The quantitative estimate of drug-likeness (QED) is 0.474. The third-order valence-electron chi connectivity index (χ3n) is 6.28. The van der Waals surface area contributed by atoms with Gasteiger partial charge in [0.15, 0.2) is 11.2 Å². The molecule has 1 amide bonds. The molecule has 0 aliphatic carbocycles. The van der Waals surface area contributed by atoms with Gasteiger partial charge in [-0.1, -0.05) is 48.5 Å². The summed E-state index contributed by atoms with van der Waals surface area (Å²) < 4.78 is 4.25. The standard InChI is InChI=1S/C25H25N5O3/c1-3-27-16-26-23-22(27)24(32)29(25(33)28(23)14-18-9-5-4-6-10-18)15-21(31)30-17(2)13-19-11-7-8-12-20(19)30/h4-12,16-17H,3,13-15H2,1-2H3/t17-/m0/s1. The van der Waals surface area contributed by atoms with Gasteiger partial charge in [-0.25, -0.2) is 14.3 Å². The minimum absolute atomic E-state index is 0.0398. The monoisotopic (exact) mass is 443 g/mol. The van der Waals surface area contributed by atoms with E-state index in [0.29, 0.717) is 17.7 Å². The van der Waals surface area contributed by atoms with Crippen LogP contribution in [0.5, 0.6) is 0 Å². The smallest absolute Gasteiger partial charge is 0.325 e. The Labute approximate surface area is 190 Å². The molecule has 3 heterocycles. The lowest BCUT2D eigenvalue weighted by molar-refractivity contribution is -0.119. The van der Waals surface area contributed by atoms with E-state index in [4.69, 9.17) is 0 Å². The molecule has 5 rings (SSSR count). The average molecular weight is 444 g/mol. The minimum Gasteiger partial charge on any atom is -0.325 e. The average Bonchev–Trinajstić information content (AvgIpc) is 3.40. The Hall–Kier alpha value is -3.94. The lowest BCUT2D eigenvalue weighted by Gasteiger charge is -2.23. The topological polar surface area (TPSA) is 82.1 Å². The highest BCUT2D eigenvalue weighted by Gasteiger charge is 2.31. The SMILES string of the molecule is CCn1cnc2c1c(=O)n(CC(=O)N1c3ccccc3C[C@@H]1C)c(=O)n2Cc1ccccc1. The molecule has 0 spiro atoms. The van der Waals surface area contributed by atoms with E-state index in [9.17, 15) is 14.4 Å². The molecule has 0 saturated carbocycles. The van der Waals surface area contributed by atoms with Gasteiger partial charge in [-0.2, -0.15) is 0 Å². The van der Waals surface area contributed by atoms with Crippen LogP contribution < -0.4 is 16.1 Å². The molecule has 8 nitrogen and oxygen atoms in total. The highest BCUT2D eigenvalue weighted by Crippen LogP contribution is 2.31. The number of hydrogen-bond acceptors (Lipinski definition) is 4. The second-order valence-electron chi connectivity index (χ2n) is 8.39. The van der Waals surface area contributed by atoms with Gasteiger partial charge in [0.2, 0.25) is 5.91 Å². The molecule has 33 heavy (non-hydrogen) atoms. The Morgan fingerprint density at radius 3 is 2.52 bits per heavy atom. The molecule has 0 unspecified atom stereocenters. The number of carbonyl (C=O) groups excluding carboxylic acids is 1. The normalized spacial score (nSPS) is 15.2. The van der Waals surface area contributed by atoms with Crippen LogP contribution in [0.1, 0.15) is 25.0 Å². The number of benzene rings is 2. The number of aryl methyl sites for hydroxylation is 1. The number of anilines is 1. The first kappa shape index (κ1) is 20.9. The predicted octanol–water partition coefficient (Wildman–Crippen LogP) is 2.41. The maximum Gasteiger partial charge on any atom is 0.333 e. The molecule has 0 bridgehead atoms. The Bertz CT molecular complexity index is 1470. The second-order valence-corrected chi connectivity index (χ2v) is 8.39. The zero-order valence-electron chi connectivity index (χ0n) is 18.6. The molecular weight excluding hydrogens is 418 g/mol. The van der Waals surface area contributed by atoms with E-state index in [2.05, 4.69) is 4.98 Å². The van der Waals surface area contributed by atoms with Crippen LogP contribution in [0.15, 0.2) is 70.5 Å². The van der Waals surface area contributed by atoms with Gasteiger partial charge in [0.05, 0.1) is 12.9 Å². The number of nitrogens with zero attached hydrogens (tertiary/aromatic N) is 5. The Morgan fingerprint density at radius 1 is 1.03 bits per heavy atom. The van der Waals surface area contributed by atoms with Gasteiger partial charge in [-0.15, -0.1) is 0 Å². The summed E-state index contributed by atoms with van der Waals surface area (Å²) >= 11 is 0. The van der Waals surface area contributed by atoms with Crippen molar-refractivity contribution < 1.29 is 4.79 Å². The molecule has 1 aliphatic rings. The van der Waals surface area contributed by atoms with Crippen molar-refractivity contribution in [2.45, 2.75) is 45.9 Å². The first-order valence-corrected chi connectivity index (χ1v) is 11.1. The van der Waals surface area contributed by atoms with E-state index in [1.54, 1.807) is 15.8 Å². The number of amides is 1. The van der Waals surface area contributed by atoms with Crippen molar-refractivity contribution >= 4 is 22.8 Å². The Kier molecular flexibility index (Phi) is 5.20. The van der Waals surface area contributed by atoms with Gasteiger partial charge < -0.3 is 9.47 Å². The van der Waals surface area contributed by atoms with Crippen molar-refractivity contribution in [3.63, 3.8) is 0 Å². The largest absolute Gasteiger partial charge is 0.333 e. The van der Waals surface area contributed by atoms with Gasteiger partial charge >= 0.3 is 5.69 Å². The summed E-state index contributed by atoms with van der Waals surface area (Å²) in [6.45, 7) is 4.35. The van der Waals surface area contributed by atoms with Crippen LogP contribution in [0, 0.1) is 0 Å². The first-order chi connectivity index (χ1) is 16.0. The van der Waals surface area contributed by atoms with Gasteiger partial charge in [-0.05, 0) is 37.5 Å². The Balaban J connectivity index is 1.62. The van der Waals surface area contributed by atoms with E-state index in [-0.39, 0.29) is 25.0 Å². The lowest BCUT2D eigenvalue weighted by atomic mass is 10.1. The summed E-state index contributed by atoms with van der Waals surface area (Å²) in [5, 5.41) is 0. The van der Waals surface area contributed by atoms with Gasteiger partial charge in [0, 0.05) is 18.3 Å². The van der Waals surface area contributed by atoms with Crippen LogP contribution >= 0.6 is 0 Å². The summed E-state index contributed by atoms with van der Waals surface area (Å²) in [6.07, 6.45) is 2.31. The molecule has 2 aromatic heterocycles. The van der Waals surface area contributed by atoms with Gasteiger partial charge in [-0.3, -0.25) is 14.2 Å². The molecule has 1 aliphatic heterocycles. The van der Waals surface area contributed by atoms with Crippen molar-refractivity contribution in [1.29, 1.82) is 0 Å². The van der Waals surface area contributed by atoms with Crippen LogP contribution in [0.4, 0.5) is 5.69 Å². The molecule has 0 radical (unpaired) electrons. The summed E-state index contributed by atoms with van der Waals surface area (Å²) in [5.41, 5.74) is 2.47. The first-order valence-electron chi connectivity index (χ1n) is 11.1. The van der Waals surface area contributed by atoms with E-state index >= 15 is 0 Å². The van der Waals surface area contributed by atoms with E-state index in [0.717, 1.165) is 27.8 Å². The highest BCUT2D eigenvalue weighted by atomic mass is 16.2. The number of carbonyl (C=O) groups is 1. The molecule has 0 saturated heterocycles. The summed E-state index contributed by atoms with van der Waals surface area (Å²) in [5.74, 6) is -0.278. The fraction of sp³-hybridized carbons (Fsp3) is 0.280. The molecule has 2 aromatic carbocycles. The van der Waals surface area contributed by atoms with Crippen LogP contribution in [0.3, 0.4) is 0 Å². The summed E-state index contributed by atoms with van der Waals surface area (Å²) in [4.78, 5) is 46.3. The number of para-hydroxylation sites is 1. The number of aromatic nitrogens is 4. The van der Waals surface area contributed by atoms with Crippen molar-refractivity contribution in [3.05, 3.63) is 92.9 Å². The van der Waals surface area contributed by atoms with E-state index in [1.165, 1.54) is 4.57 Å². The molecule has 168 valence electrons. The zero-order chi connectivity index (χ0) is 23.1. The number of hydrogen-bond donors (Lipinski definition) is 0.